The number of halogens is 1. The standard InChI is InChI=1S/C15H22INO/c1-12-7-8-14(13(2)11-12)15(18)17-10-6-4-3-5-9-16/h7-8,11H,3-6,9-10H2,1-2H3,(H,17,18). The van der Waals surface area contributed by atoms with Gasteiger partial charge in [-0.1, -0.05) is 53.1 Å². The van der Waals surface area contributed by atoms with E-state index in [1.807, 2.05) is 26.0 Å². The third-order valence-corrected chi connectivity index (χ3v) is 3.74. The van der Waals surface area contributed by atoms with Gasteiger partial charge in [0.05, 0.1) is 0 Å². The molecule has 100 valence electrons. The number of nitrogens with one attached hydrogen (secondary N) is 1. The molecule has 0 unspecified atom stereocenters. The molecular weight excluding hydrogens is 337 g/mol. The van der Waals surface area contributed by atoms with Crippen molar-refractivity contribution in [1.82, 2.24) is 5.32 Å². The van der Waals surface area contributed by atoms with Crippen molar-refractivity contribution in [2.45, 2.75) is 39.5 Å². The smallest absolute Gasteiger partial charge is 0.251 e. The fraction of sp³-hybridized carbons (Fsp3) is 0.533. The van der Waals surface area contributed by atoms with Crippen molar-refractivity contribution < 1.29 is 4.79 Å². The molecule has 3 heteroatoms. The van der Waals surface area contributed by atoms with E-state index in [-0.39, 0.29) is 5.91 Å². The molecule has 0 heterocycles. The lowest BCUT2D eigenvalue weighted by molar-refractivity contribution is 0.0952. The lowest BCUT2D eigenvalue weighted by Gasteiger charge is -2.08. The summed E-state index contributed by atoms with van der Waals surface area (Å²) in [4.78, 5) is 12.0. The van der Waals surface area contributed by atoms with Gasteiger partial charge < -0.3 is 5.32 Å². The molecule has 0 saturated carbocycles. The second kappa shape index (κ2) is 8.51. The summed E-state index contributed by atoms with van der Waals surface area (Å²) in [6.45, 7) is 4.82. The molecule has 0 aromatic heterocycles. The summed E-state index contributed by atoms with van der Waals surface area (Å²) in [5.74, 6) is 0.0568. The van der Waals surface area contributed by atoms with Crippen LogP contribution < -0.4 is 5.32 Å². The van der Waals surface area contributed by atoms with Crippen LogP contribution in [0.4, 0.5) is 0 Å². The molecule has 0 bridgehead atoms. The highest BCUT2D eigenvalue weighted by molar-refractivity contribution is 14.1. The molecule has 0 aliphatic rings. The Morgan fingerprint density at radius 1 is 1.17 bits per heavy atom. The van der Waals surface area contributed by atoms with Crippen LogP contribution in [0.25, 0.3) is 0 Å². The first-order valence-corrected chi connectivity index (χ1v) is 8.09. The minimum Gasteiger partial charge on any atom is -0.352 e. The molecule has 2 nitrogen and oxygen atoms in total. The minimum atomic E-state index is 0.0568. The summed E-state index contributed by atoms with van der Waals surface area (Å²) >= 11 is 2.40. The van der Waals surface area contributed by atoms with Crippen LogP contribution >= 0.6 is 22.6 Å². The van der Waals surface area contributed by atoms with E-state index in [4.69, 9.17) is 0 Å². The summed E-state index contributed by atoms with van der Waals surface area (Å²) in [6, 6.07) is 5.95. The highest BCUT2D eigenvalue weighted by Gasteiger charge is 2.07. The molecule has 18 heavy (non-hydrogen) atoms. The van der Waals surface area contributed by atoms with E-state index < -0.39 is 0 Å². The second-order valence-electron chi connectivity index (χ2n) is 4.68. The summed E-state index contributed by atoms with van der Waals surface area (Å²) in [5, 5.41) is 3.00. The van der Waals surface area contributed by atoms with Crippen molar-refractivity contribution in [3.8, 4) is 0 Å². The first-order valence-electron chi connectivity index (χ1n) is 6.56. The van der Waals surface area contributed by atoms with E-state index in [2.05, 4.69) is 34.0 Å². The predicted octanol–water partition coefficient (Wildman–Crippen LogP) is 4.03. The summed E-state index contributed by atoms with van der Waals surface area (Å²) in [6.07, 6.45) is 4.83. The molecule has 1 aromatic rings. The Kier molecular flexibility index (Phi) is 7.32. The Morgan fingerprint density at radius 2 is 1.89 bits per heavy atom. The number of amides is 1. The third-order valence-electron chi connectivity index (χ3n) is 2.97. The molecular formula is C15H22INO. The monoisotopic (exact) mass is 359 g/mol. The molecule has 1 N–H and O–H groups in total. The van der Waals surface area contributed by atoms with Crippen LogP contribution in [0, 0.1) is 13.8 Å². The number of carbonyl (C=O) groups is 1. The summed E-state index contributed by atoms with van der Waals surface area (Å²) < 4.78 is 1.23. The second-order valence-corrected chi connectivity index (χ2v) is 5.76. The average molecular weight is 359 g/mol. The summed E-state index contributed by atoms with van der Waals surface area (Å²) in [7, 11) is 0. The van der Waals surface area contributed by atoms with Gasteiger partial charge >= 0.3 is 0 Å². The first-order chi connectivity index (χ1) is 8.65. The predicted molar refractivity (Wildman–Crippen MR) is 85.6 cm³/mol. The van der Waals surface area contributed by atoms with E-state index in [0.29, 0.717) is 0 Å². The van der Waals surface area contributed by atoms with Gasteiger partial charge in [-0.25, -0.2) is 0 Å². The van der Waals surface area contributed by atoms with Crippen molar-refractivity contribution in [1.29, 1.82) is 0 Å². The number of hydrogen-bond acceptors (Lipinski definition) is 1. The zero-order valence-electron chi connectivity index (χ0n) is 11.3. The lowest BCUT2D eigenvalue weighted by Crippen LogP contribution is -2.25. The molecule has 0 fully saturated rings. The van der Waals surface area contributed by atoms with Gasteiger partial charge in [0, 0.05) is 12.1 Å². The van der Waals surface area contributed by atoms with Crippen LogP contribution in [0.1, 0.15) is 47.2 Å². The Balaban J connectivity index is 2.32. The quantitative estimate of drug-likeness (QED) is 0.445. The van der Waals surface area contributed by atoms with Gasteiger partial charge in [0.1, 0.15) is 0 Å². The molecule has 1 rings (SSSR count). The number of unbranched alkanes of at least 4 members (excludes halogenated alkanes) is 3. The molecule has 0 atom stereocenters. The van der Waals surface area contributed by atoms with Gasteiger partial charge in [0.2, 0.25) is 0 Å². The Labute approximate surface area is 124 Å². The Bertz CT molecular complexity index is 390. The fourth-order valence-electron chi connectivity index (χ4n) is 1.94. The van der Waals surface area contributed by atoms with Crippen LogP contribution in [0.5, 0.6) is 0 Å². The number of carbonyl (C=O) groups excluding carboxylic acids is 1. The van der Waals surface area contributed by atoms with Crippen LogP contribution in [0.3, 0.4) is 0 Å². The molecule has 0 aliphatic carbocycles. The topological polar surface area (TPSA) is 29.1 Å². The number of alkyl halides is 1. The molecule has 0 saturated heterocycles. The van der Waals surface area contributed by atoms with Crippen molar-refractivity contribution in [3.63, 3.8) is 0 Å². The molecule has 0 spiro atoms. The SMILES string of the molecule is Cc1ccc(C(=O)NCCCCCCI)c(C)c1. The van der Waals surface area contributed by atoms with Crippen LogP contribution in [0.15, 0.2) is 18.2 Å². The normalized spacial score (nSPS) is 10.4. The molecule has 0 aliphatic heterocycles. The molecule has 1 amide bonds. The maximum Gasteiger partial charge on any atom is 0.251 e. The number of hydrogen-bond donors (Lipinski definition) is 1. The maximum absolute atomic E-state index is 12.0. The van der Waals surface area contributed by atoms with Crippen LogP contribution in [0.2, 0.25) is 0 Å². The van der Waals surface area contributed by atoms with E-state index in [1.54, 1.807) is 0 Å². The van der Waals surface area contributed by atoms with Crippen molar-refractivity contribution in [2.24, 2.45) is 0 Å². The number of aryl methyl sites for hydroxylation is 2. The molecule has 0 radical (unpaired) electrons. The highest BCUT2D eigenvalue weighted by Crippen LogP contribution is 2.10. The van der Waals surface area contributed by atoms with Gasteiger partial charge in [-0.3, -0.25) is 4.79 Å². The third kappa shape index (κ3) is 5.38. The number of benzene rings is 1. The molecule has 1 aromatic carbocycles. The van der Waals surface area contributed by atoms with E-state index >= 15 is 0 Å². The van der Waals surface area contributed by atoms with Crippen molar-refractivity contribution >= 4 is 28.5 Å². The highest BCUT2D eigenvalue weighted by atomic mass is 127. The van der Waals surface area contributed by atoms with E-state index in [0.717, 1.165) is 24.1 Å². The van der Waals surface area contributed by atoms with Gasteiger partial charge in [-0.2, -0.15) is 0 Å². The summed E-state index contributed by atoms with van der Waals surface area (Å²) in [5.41, 5.74) is 3.05. The van der Waals surface area contributed by atoms with Crippen molar-refractivity contribution in [2.75, 3.05) is 11.0 Å². The van der Waals surface area contributed by atoms with E-state index in [9.17, 15) is 4.79 Å². The van der Waals surface area contributed by atoms with Gasteiger partial charge in [0.25, 0.3) is 5.91 Å². The minimum absolute atomic E-state index is 0.0568. The van der Waals surface area contributed by atoms with Crippen LogP contribution in [-0.4, -0.2) is 16.9 Å². The largest absolute Gasteiger partial charge is 0.352 e. The van der Waals surface area contributed by atoms with Crippen LogP contribution in [-0.2, 0) is 0 Å². The first kappa shape index (κ1) is 15.5. The zero-order chi connectivity index (χ0) is 13.4. The number of rotatable bonds is 7. The Hall–Kier alpha value is -0.580. The van der Waals surface area contributed by atoms with Crippen molar-refractivity contribution in [3.05, 3.63) is 34.9 Å². The van der Waals surface area contributed by atoms with Gasteiger partial charge in [-0.05, 0) is 42.7 Å². The fourth-order valence-corrected chi connectivity index (χ4v) is 2.48. The van der Waals surface area contributed by atoms with Gasteiger partial charge in [-0.15, -0.1) is 0 Å². The van der Waals surface area contributed by atoms with E-state index in [1.165, 1.54) is 29.3 Å². The van der Waals surface area contributed by atoms with Gasteiger partial charge in [0.15, 0.2) is 0 Å². The Morgan fingerprint density at radius 3 is 2.56 bits per heavy atom. The maximum atomic E-state index is 12.0. The average Bonchev–Trinajstić information content (AvgIpc) is 2.33. The lowest BCUT2D eigenvalue weighted by atomic mass is 10.1. The zero-order valence-corrected chi connectivity index (χ0v) is 13.4.